The predicted octanol–water partition coefficient (Wildman–Crippen LogP) is -0.420. The largest absolute Gasteiger partial charge is 0.375 e. The lowest BCUT2D eigenvalue weighted by Crippen LogP contribution is -2.43. The third kappa shape index (κ3) is 3.15. The third-order valence-electron chi connectivity index (χ3n) is 1.47. The number of hydrogen-bond donors (Lipinski definition) is 2. The van der Waals surface area contributed by atoms with Crippen molar-refractivity contribution in [3.63, 3.8) is 0 Å². The minimum atomic E-state index is -0.927. The van der Waals surface area contributed by atoms with Gasteiger partial charge in [-0.25, -0.2) is 4.90 Å². The van der Waals surface area contributed by atoms with Gasteiger partial charge < -0.3 is 10.2 Å². The predicted molar refractivity (Wildman–Crippen MR) is 47.1 cm³/mol. The Bertz CT molecular complexity index is 136. The molecule has 0 bridgehead atoms. The SMILES string of the molecule is C=CC(O)N(CC[NH])C(O)C=C. The summed E-state index contributed by atoms with van der Waals surface area (Å²) >= 11 is 0. The lowest BCUT2D eigenvalue weighted by Gasteiger charge is -2.27. The first kappa shape index (κ1) is 11.3. The van der Waals surface area contributed by atoms with Crippen LogP contribution in [0.1, 0.15) is 0 Å². The van der Waals surface area contributed by atoms with E-state index in [1.165, 1.54) is 17.1 Å². The lowest BCUT2D eigenvalue weighted by atomic mass is 10.3. The first-order chi connectivity index (χ1) is 5.67. The Morgan fingerprint density at radius 1 is 1.25 bits per heavy atom. The first-order valence-corrected chi connectivity index (χ1v) is 3.69. The summed E-state index contributed by atoms with van der Waals surface area (Å²) in [6.45, 7) is 7.15. The van der Waals surface area contributed by atoms with Crippen molar-refractivity contribution >= 4 is 0 Å². The van der Waals surface area contributed by atoms with E-state index in [1.807, 2.05) is 0 Å². The molecule has 0 aromatic heterocycles. The highest BCUT2D eigenvalue weighted by molar-refractivity contribution is 4.86. The van der Waals surface area contributed by atoms with Crippen LogP contribution in [0.15, 0.2) is 25.3 Å². The molecule has 12 heavy (non-hydrogen) atoms. The van der Waals surface area contributed by atoms with E-state index >= 15 is 0 Å². The van der Waals surface area contributed by atoms with Gasteiger partial charge in [-0.3, -0.25) is 5.73 Å². The molecular weight excluding hydrogens is 156 g/mol. The molecule has 4 heteroatoms. The van der Waals surface area contributed by atoms with Crippen LogP contribution in [0.3, 0.4) is 0 Å². The summed E-state index contributed by atoms with van der Waals surface area (Å²) in [5.41, 5.74) is 6.94. The summed E-state index contributed by atoms with van der Waals surface area (Å²) < 4.78 is 0. The second-order valence-electron chi connectivity index (χ2n) is 2.29. The van der Waals surface area contributed by atoms with E-state index < -0.39 is 12.5 Å². The maximum Gasteiger partial charge on any atom is 0.128 e. The van der Waals surface area contributed by atoms with Gasteiger partial charge in [-0.1, -0.05) is 13.2 Å². The zero-order chi connectivity index (χ0) is 9.56. The van der Waals surface area contributed by atoms with Crippen molar-refractivity contribution in [1.82, 2.24) is 10.6 Å². The molecule has 3 N–H and O–H groups in total. The molecule has 0 aliphatic rings. The van der Waals surface area contributed by atoms with Crippen LogP contribution < -0.4 is 5.73 Å². The molecule has 0 aliphatic heterocycles. The molecule has 0 spiro atoms. The second kappa shape index (κ2) is 5.91. The zero-order valence-electron chi connectivity index (χ0n) is 6.98. The number of hydrogen-bond acceptors (Lipinski definition) is 3. The molecule has 0 rings (SSSR count). The van der Waals surface area contributed by atoms with Gasteiger partial charge in [0.15, 0.2) is 0 Å². The average molecular weight is 171 g/mol. The van der Waals surface area contributed by atoms with Crippen LogP contribution >= 0.6 is 0 Å². The summed E-state index contributed by atoms with van der Waals surface area (Å²) in [5, 5.41) is 18.5. The van der Waals surface area contributed by atoms with Gasteiger partial charge >= 0.3 is 0 Å². The number of rotatable bonds is 6. The molecule has 0 aromatic carbocycles. The molecular formula is C8H15N2O2. The van der Waals surface area contributed by atoms with E-state index in [1.54, 1.807) is 0 Å². The fraction of sp³-hybridized carbons (Fsp3) is 0.500. The minimum absolute atomic E-state index is 0.107. The maximum absolute atomic E-state index is 9.27. The molecule has 0 aromatic rings. The van der Waals surface area contributed by atoms with Gasteiger partial charge in [0.05, 0.1) is 0 Å². The van der Waals surface area contributed by atoms with Gasteiger partial charge in [0, 0.05) is 13.1 Å². The highest BCUT2D eigenvalue weighted by Crippen LogP contribution is 2.02. The quantitative estimate of drug-likeness (QED) is 0.421. The number of nitrogens with one attached hydrogen (secondary N) is 1. The van der Waals surface area contributed by atoms with Crippen LogP contribution in [0, 0.1) is 0 Å². The summed E-state index contributed by atoms with van der Waals surface area (Å²) in [5.74, 6) is 0. The van der Waals surface area contributed by atoms with Crippen LogP contribution in [0.4, 0.5) is 0 Å². The molecule has 0 saturated carbocycles. The van der Waals surface area contributed by atoms with E-state index in [4.69, 9.17) is 5.73 Å². The first-order valence-electron chi connectivity index (χ1n) is 3.69. The van der Waals surface area contributed by atoms with Gasteiger partial charge in [0.25, 0.3) is 0 Å². The van der Waals surface area contributed by atoms with Gasteiger partial charge in [0.2, 0.25) is 0 Å². The summed E-state index contributed by atoms with van der Waals surface area (Å²) in [6.07, 6.45) is 0.733. The second-order valence-corrected chi connectivity index (χ2v) is 2.29. The van der Waals surface area contributed by atoms with Crippen LogP contribution in [0.2, 0.25) is 0 Å². The van der Waals surface area contributed by atoms with E-state index in [-0.39, 0.29) is 13.1 Å². The Morgan fingerprint density at radius 2 is 1.67 bits per heavy atom. The Balaban J connectivity index is 4.19. The standard InChI is InChI=1S/C8H15N2O2/c1-3-7(11)10(6-5-9)8(12)4-2/h3-4,7-9,11-12H,1-2,5-6H2. The van der Waals surface area contributed by atoms with E-state index in [2.05, 4.69) is 13.2 Å². The summed E-state index contributed by atoms with van der Waals surface area (Å²) in [6, 6.07) is 0. The molecule has 0 aliphatic carbocycles. The van der Waals surface area contributed by atoms with E-state index in [9.17, 15) is 10.2 Å². The van der Waals surface area contributed by atoms with Gasteiger partial charge in [0.1, 0.15) is 12.5 Å². The van der Waals surface area contributed by atoms with Crippen molar-refractivity contribution in [3.8, 4) is 0 Å². The maximum atomic E-state index is 9.27. The Kier molecular flexibility index (Phi) is 5.57. The van der Waals surface area contributed by atoms with Crippen LogP contribution in [0.5, 0.6) is 0 Å². The van der Waals surface area contributed by atoms with Crippen molar-refractivity contribution in [2.75, 3.05) is 13.1 Å². The van der Waals surface area contributed by atoms with Crippen molar-refractivity contribution in [2.24, 2.45) is 0 Å². The summed E-state index contributed by atoms with van der Waals surface area (Å²) in [4.78, 5) is 1.31. The molecule has 0 fully saturated rings. The number of aliphatic hydroxyl groups is 2. The van der Waals surface area contributed by atoms with Gasteiger partial charge in [-0.2, -0.15) is 0 Å². The molecule has 1 radical (unpaired) electrons. The smallest absolute Gasteiger partial charge is 0.128 e. The van der Waals surface area contributed by atoms with E-state index in [0.29, 0.717) is 0 Å². The van der Waals surface area contributed by atoms with Crippen LogP contribution in [-0.2, 0) is 0 Å². The molecule has 2 unspecified atom stereocenters. The topological polar surface area (TPSA) is 67.5 Å². The molecule has 0 heterocycles. The molecule has 4 nitrogen and oxygen atoms in total. The zero-order valence-corrected chi connectivity index (χ0v) is 6.98. The Morgan fingerprint density at radius 3 is 1.92 bits per heavy atom. The van der Waals surface area contributed by atoms with Gasteiger partial charge in [-0.15, -0.1) is 0 Å². The summed E-state index contributed by atoms with van der Waals surface area (Å²) in [7, 11) is 0. The molecule has 0 amide bonds. The van der Waals surface area contributed by atoms with E-state index in [0.717, 1.165) is 0 Å². The minimum Gasteiger partial charge on any atom is -0.375 e. The monoisotopic (exact) mass is 171 g/mol. The number of nitrogens with zero attached hydrogens (tertiary/aromatic N) is 1. The number of aliphatic hydroxyl groups excluding tert-OH is 2. The van der Waals surface area contributed by atoms with Crippen molar-refractivity contribution in [2.45, 2.75) is 12.5 Å². The fourth-order valence-electron chi connectivity index (χ4n) is 0.821. The lowest BCUT2D eigenvalue weighted by molar-refractivity contribution is -0.0538. The fourth-order valence-corrected chi connectivity index (χ4v) is 0.821. The van der Waals surface area contributed by atoms with Crippen LogP contribution in [0.25, 0.3) is 0 Å². The molecule has 0 saturated heterocycles. The van der Waals surface area contributed by atoms with Gasteiger partial charge in [-0.05, 0) is 12.2 Å². The van der Waals surface area contributed by atoms with Crippen molar-refractivity contribution in [1.29, 1.82) is 0 Å². The highest BCUT2D eigenvalue weighted by atomic mass is 16.3. The molecule has 2 atom stereocenters. The molecule has 69 valence electrons. The highest BCUT2D eigenvalue weighted by Gasteiger charge is 2.17. The Labute approximate surface area is 72.6 Å². The Hall–Kier alpha value is -0.680. The van der Waals surface area contributed by atoms with Crippen LogP contribution in [-0.4, -0.2) is 40.7 Å². The van der Waals surface area contributed by atoms with Crippen molar-refractivity contribution in [3.05, 3.63) is 25.3 Å². The van der Waals surface area contributed by atoms with Crippen molar-refractivity contribution < 1.29 is 10.2 Å². The normalized spacial score (nSPS) is 15.7. The third-order valence-corrected chi connectivity index (χ3v) is 1.47. The average Bonchev–Trinajstić information content (AvgIpc) is 2.11.